The number of piperidine rings is 1. The van der Waals surface area contributed by atoms with Gasteiger partial charge in [-0.1, -0.05) is 6.07 Å². The van der Waals surface area contributed by atoms with Crippen molar-refractivity contribution < 1.29 is 14.3 Å². The molecule has 0 saturated carbocycles. The first kappa shape index (κ1) is 16.3. The van der Waals surface area contributed by atoms with Gasteiger partial charge in [-0.05, 0) is 43.9 Å². The molecule has 1 aliphatic rings. The smallest absolute Gasteiger partial charge is 0.316 e. The zero-order chi connectivity index (χ0) is 15.9. The second-order valence-electron chi connectivity index (χ2n) is 5.49. The van der Waals surface area contributed by atoms with Gasteiger partial charge >= 0.3 is 6.03 Å². The molecule has 1 fully saturated rings. The summed E-state index contributed by atoms with van der Waals surface area (Å²) in [5, 5.41) is 2.49. The van der Waals surface area contributed by atoms with Crippen molar-refractivity contribution in [3.8, 4) is 0 Å². The van der Waals surface area contributed by atoms with Gasteiger partial charge < -0.3 is 20.7 Å². The van der Waals surface area contributed by atoms with E-state index in [-0.39, 0.29) is 5.91 Å². The summed E-state index contributed by atoms with van der Waals surface area (Å²) in [6.45, 7) is 4.85. The first-order valence-corrected chi connectivity index (χ1v) is 7.63. The largest absolute Gasteiger partial charge is 0.381 e. The molecule has 22 heavy (non-hydrogen) atoms. The topological polar surface area (TPSA) is 84.7 Å². The van der Waals surface area contributed by atoms with Gasteiger partial charge in [-0.3, -0.25) is 4.79 Å². The van der Waals surface area contributed by atoms with Crippen molar-refractivity contribution in [3.05, 3.63) is 29.8 Å². The Kier molecular flexibility index (Phi) is 5.77. The number of carbonyl (C=O) groups excluding carboxylic acids is 2. The highest BCUT2D eigenvalue weighted by Gasteiger charge is 2.24. The van der Waals surface area contributed by atoms with Gasteiger partial charge in [0, 0.05) is 30.9 Å². The molecular formula is C16H23N3O3. The fraction of sp³-hybridized carbons (Fsp3) is 0.500. The Labute approximate surface area is 130 Å². The minimum absolute atomic E-state index is 0.0191. The number of primary amides is 1. The van der Waals surface area contributed by atoms with Crippen molar-refractivity contribution >= 4 is 17.6 Å². The number of nitrogens with one attached hydrogen (secondary N) is 1. The van der Waals surface area contributed by atoms with Crippen LogP contribution in [0.25, 0.3) is 0 Å². The number of likely N-dealkylation sites (tertiary alicyclic amines) is 1. The average Bonchev–Trinajstić information content (AvgIpc) is 2.52. The number of nitrogens with two attached hydrogens (primary N) is 1. The summed E-state index contributed by atoms with van der Waals surface area (Å²) in [7, 11) is 0. The van der Waals surface area contributed by atoms with Crippen LogP contribution in [0.3, 0.4) is 0 Å². The Balaban J connectivity index is 2.02. The zero-order valence-electron chi connectivity index (χ0n) is 12.9. The monoisotopic (exact) mass is 305 g/mol. The van der Waals surface area contributed by atoms with E-state index in [1.54, 1.807) is 24.3 Å². The second-order valence-corrected chi connectivity index (χ2v) is 5.49. The van der Waals surface area contributed by atoms with Crippen molar-refractivity contribution in [2.75, 3.05) is 31.6 Å². The van der Waals surface area contributed by atoms with Crippen LogP contribution in [0.2, 0.25) is 0 Å². The van der Waals surface area contributed by atoms with Crippen LogP contribution in [-0.2, 0) is 4.74 Å². The normalized spacial score (nSPS) is 18.0. The highest BCUT2D eigenvalue weighted by atomic mass is 16.5. The maximum atomic E-state index is 12.6. The van der Waals surface area contributed by atoms with Crippen LogP contribution in [0.5, 0.6) is 0 Å². The average molecular weight is 305 g/mol. The highest BCUT2D eigenvalue weighted by Crippen LogP contribution is 2.20. The van der Waals surface area contributed by atoms with Gasteiger partial charge in [0.1, 0.15) is 0 Å². The molecule has 6 nitrogen and oxygen atoms in total. The van der Waals surface area contributed by atoms with E-state index in [1.165, 1.54) is 0 Å². The summed E-state index contributed by atoms with van der Waals surface area (Å²) in [5.41, 5.74) is 6.19. The second kappa shape index (κ2) is 7.79. The van der Waals surface area contributed by atoms with Crippen LogP contribution in [0.4, 0.5) is 10.5 Å². The molecule has 1 unspecified atom stereocenters. The summed E-state index contributed by atoms with van der Waals surface area (Å²) in [6, 6.07) is 6.20. The Morgan fingerprint density at radius 1 is 1.45 bits per heavy atom. The van der Waals surface area contributed by atoms with Crippen LogP contribution in [0.1, 0.15) is 30.1 Å². The summed E-state index contributed by atoms with van der Waals surface area (Å²) < 4.78 is 5.47. The molecule has 1 heterocycles. The van der Waals surface area contributed by atoms with Gasteiger partial charge in [-0.2, -0.15) is 0 Å². The van der Waals surface area contributed by atoms with Gasteiger partial charge in [0.05, 0.1) is 6.61 Å². The Morgan fingerprint density at radius 2 is 2.27 bits per heavy atom. The predicted octanol–water partition coefficient (Wildman–Crippen LogP) is 2.07. The third-order valence-corrected chi connectivity index (χ3v) is 3.74. The molecule has 1 atom stereocenters. The van der Waals surface area contributed by atoms with Crippen molar-refractivity contribution in [2.45, 2.75) is 19.8 Å². The summed E-state index contributed by atoms with van der Waals surface area (Å²) in [5.74, 6) is 0.374. The number of urea groups is 1. The van der Waals surface area contributed by atoms with Crippen molar-refractivity contribution in [3.63, 3.8) is 0 Å². The van der Waals surface area contributed by atoms with E-state index in [1.807, 2.05) is 11.8 Å². The highest BCUT2D eigenvalue weighted by molar-refractivity contribution is 5.96. The van der Waals surface area contributed by atoms with Gasteiger partial charge in [-0.15, -0.1) is 0 Å². The quantitative estimate of drug-likeness (QED) is 0.873. The molecule has 0 aromatic heterocycles. The third kappa shape index (κ3) is 4.46. The first-order chi connectivity index (χ1) is 10.6. The number of benzene rings is 1. The summed E-state index contributed by atoms with van der Waals surface area (Å²) in [4.78, 5) is 25.4. The lowest BCUT2D eigenvalue weighted by Gasteiger charge is -2.32. The molecule has 0 radical (unpaired) electrons. The number of ether oxygens (including phenoxy) is 1. The van der Waals surface area contributed by atoms with E-state index < -0.39 is 6.03 Å². The maximum Gasteiger partial charge on any atom is 0.316 e. The number of hydrogen-bond donors (Lipinski definition) is 2. The number of amides is 3. The van der Waals surface area contributed by atoms with Crippen LogP contribution >= 0.6 is 0 Å². The van der Waals surface area contributed by atoms with Gasteiger partial charge in [0.25, 0.3) is 5.91 Å². The molecule has 120 valence electrons. The summed E-state index contributed by atoms with van der Waals surface area (Å²) in [6.07, 6.45) is 2.08. The molecule has 3 N–H and O–H groups in total. The predicted molar refractivity (Wildman–Crippen MR) is 84.8 cm³/mol. The van der Waals surface area contributed by atoms with E-state index in [0.717, 1.165) is 19.4 Å². The van der Waals surface area contributed by atoms with Gasteiger partial charge in [0.2, 0.25) is 0 Å². The van der Waals surface area contributed by atoms with E-state index in [4.69, 9.17) is 10.5 Å². The lowest BCUT2D eigenvalue weighted by molar-refractivity contribution is 0.0501. The zero-order valence-corrected chi connectivity index (χ0v) is 12.9. The maximum absolute atomic E-state index is 12.6. The van der Waals surface area contributed by atoms with E-state index in [2.05, 4.69) is 5.32 Å². The molecule has 0 aliphatic carbocycles. The lowest BCUT2D eigenvalue weighted by Crippen LogP contribution is -2.41. The van der Waals surface area contributed by atoms with Crippen LogP contribution in [-0.4, -0.2) is 43.1 Å². The Hall–Kier alpha value is -2.08. The first-order valence-electron chi connectivity index (χ1n) is 7.63. The standard InChI is InChI=1S/C16H23N3O3/c1-2-22-11-12-5-4-8-19(10-12)15(20)13-6-3-7-14(9-13)18-16(17)21/h3,6-7,9,12H,2,4-5,8,10-11H2,1H3,(H3,17,18,21). The van der Waals surface area contributed by atoms with E-state index in [9.17, 15) is 9.59 Å². The number of anilines is 1. The summed E-state index contributed by atoms with van der Waals surface area (Å²) >= 11 is 0. The van der Waals surface area contributed by atoms with Crippen molar-refractivity contribution in [1.29, 1.82) is 0 Å². The van der Waals surface area contributed by atoms with Crippen molar-refractivity contribution in [1.82, 2.24) is 4.90 Å². The number of carbonyl (C=O) groups is 2. The molecule has 6 heteroatoms. The van der Waals surface area contributed by atoms with Crippen LogP contribution < -0.4 is 11.1 Å². The van der Waals surface area contributed by atoms with Gasteiger partial charge in [0.15, 0.2) is 0 Å². The number of nitrogens with zero attached hydrogens (tertiary/aromatic N) is 1. The molecule has 0 bridgehead atoms. The lowest BCUT2D eigenvalue weighted by atomic mass is 9.98. The van der Waals surface area contributed by atoms with E-state index in [0.29, 0.717) is 36.9 Å². The van der Waals surface area contributed by atoms with Crippen LogP contribution in [0, 0.1) is 5.92 Å². The molecule has 0 spiro atoms. The molecule has 1 saturated heterocycles. The molecule has 3 amide bonds. The van der Waals surface area contributed by atoms with Crippen LogP contribution in [0.15, 0.2) is 24.3 Å². The Morgan fingerprint density at radius 3 is 3.00 bits per heavy atom. The molecule has 1 aromatic rings. The fourth-order valence-corrected chi connectivity index (χ4v) is 2.72. The molecule has 2 rings (SSSR count). The van der Waals surface area contributed by atoms with Gasteiger partial charge in [-0.25, -0.2) is 4.79 Å². The number of rotatable bonds is 5. The third-order valence-electron chi connectivity index (χ3n) is 3.74. The minimum Gasteiger partial charge on any atom is -0.381 e. The fourth-order valence-electron chi connectivity index (χ4n) is 2.72. The minimum atomic E-state index is -0.639. The molecule has 1 aliphatic heterocycles. The van der Waals surface area contributed by atoms with E-state index >= 15 is 0 Å². The number of hydrogen-bond acceptors (Lipinski definition) is 3. The van der Waals surface area contributed by atoms with Crippen molar-refractivity contribution in [2.24, 2.45) is 11.7 Å². The Bertz CT molecular complexity index is 533. The molecular weight excluding hydrogens is 282 g/mol. The molecule has 1 aromatic carbocycles. The SMILES string of the molecule is CCOCC1CCCN(C(=O)c2cccc(NC(N)=O)c2)C1.